The van der Waals surface area contributed by atoms with Crippen molar-refractivity contribution in [2.45, 2.75) is 110 Å². The van der Waals surface area contributed by atoms with Crippen LogP contribution in [-0.4, -0.2) is 5.54 Å². The van der Waals surface area contributed by atoms with E-state index in [1.165, 1.54) is 83.5 Å². The van der Waals surface area contributed by atoms with Crippen molar-refractivity contribution >= 4 is 0 Å². The molecule has 0 spiro atoms. The number of nitrogens with two attached hydrogens (primary N) is 1. The first-order valence-corrected chi connectivity index (χ1v) is 9.36. The molecule has 0 aromatic rings. The lowest BCUT2D eigenvalue weighted by Gasteiger charge is -2.38. The van der Waals surface area contributed by atoms with E-state index >= 15 is 0 Å². The molecule has 0 unspecified atom stereocenters. The Balaban J connectivity index is 2.01. The Hall–Kier alpha value is -0.0400. The molecule has 120 valence electrons. The van der Waals surface area contributed by atoms with Gasteiger partial charge in [0.2, 0.25) is 0 Å². The summed E-state index contributed by atoms with van der Waals surface area (Å²) in [5.74, 6) is 1.79. The summed E-state index contributed by atoms with van der Waals surface area (Å²) in [4.78, 5) is 0. The molecule has 0 bridgehead atoms. The minimum atomic E-state index is 0.188. The molecule has 1 nitrogen and oxygen atoms in total. The van der Waals surface area contributed by atoms with Gasteiger partial charge in [0, 0.05) is 5.54 Å². The van der Waals surface area contributed by atoms with E-state index in [4.69, 9.17) is 5.73 Å². The number of hydrogen-bond donors (Lipinski definition) is 1. The Morgan fingerprint density at radius 2 is 1.40 bits per heavy atom. The molecule has 0 aromatic heterocycles. The van der Waals surface area contributed by atoms with Gasteiger partial charge in [-0.05, 0) is 43.9 Å². The van der Waals surface area contributed by atoms with Crippen LogP contribution in [0.3, 0.4) is 0 Å². The van der Waals surface area contributed by atoms with Crippen molar-refractivity contribution in [1.29, 1.82) is 0 Å². The lowest BCUT2D eigenvalue weighted by molar-refractivity contribution is 0.183. The summed E-state index contributed by atoms with van der Waals surface area (Å²) in [6, 6.07) is 0. The van der Waals surface area contributed by atoms with Crippen LogP contribution in [0.5, 0.6) is 0 Å². The molecule has 1 rings (SSSR count). The number of hydrogen-bond acceptors (Lipinski definition) is 1. The van der Waals surface area contributed by atoms with Gasteiger partial charge in [-0.2, -0.15) is 0 Å². The normalized spacial score (nSPS) is 27.1. The van der Waals surface area contributed by atoms with E-state index in [1.54, 1.807) is 0 Å². The van der Waals surface area contributed by atoms with Crippen LogP contribution >= 0.6 is 0 Å². The summed E-state index contributed by atoms with van der Waals surface area (Å²) >= 11 is 0. The van der Waals surface area contributed by atoms with Crippen LogP contribution in [0.15, 0.2) is 0 Å². The van der Waals surface area contributed by atoms with Gasteiger partial charge < -0.3 is 5.73 Å². The Bertz CT molecular complexity index is 226. The summed E-state index contributed by atoms with van der Waals surface area (Å²) in [6.07, 6.45) is 17.8. The quantitative estimate of drug-likeness (QED) is 0.484. The highest BCUT2D eigenvalue weighted by molar-refractivity contribution is 4.90. The SMILES string of the molecule is CCCCCCCCCCC1(N)CCC(C(C)C)CC1. The molecular weight excluding hydrogens is 242 g/mol. The standard InChI is InChI=1S/C19H39N/c1-4-5-6-7-8-9-10-11-14-19(20)15-12-18(13-16-19)17(2)3/h17-18H,4-16,20H2,1-3H3. The lowest BCUT2D eigenvalue weighted by atomic mass is 9.71. The van der Waals surface area contributed by atoms with Gasteiger partial charge in [0.05, 0.1) is 0 Å². The van der Waals surface area contributed by atoms with Crippen molar-refractivity contribution in [3.63, 3.8) is 0 Å². The average Bonchev–Trinajstić information content (AvgIpc) is 2.42. The molecule has 1 heteroatoms. The van der Waals surface area contributed by atoms with Gasteiger partial charge in [0.15, 0.2) is 0 Å². The second-order valence-electron chi connectivity index (χ2n) is 7.67. The van der Waals surface area contributed by atoms with E-state index in [1.807, 2.05) is 0 Å². The zero-order chi connectivity index (χ0) is 14.8. The molecule has 1 saturated carbocycles. The van der Waals surface area contributed by atoms with Gasteiger partial charge >= 0.3 is 0 Å². The summed E-state index contributed by atoms with van der Waals surface area (Å²) in [5.41, 5.74) is 6.79. The molecule has 0 radical (unpaired) electrons. The molecule has 1 fully saturated rings. The van der Waals surface area contributed by atoms with Gasteiger partial charge in [0.1, 0.15) is 0 Å². The summed E-state index contributed by atoms with van der Waals surface area (Å²) < 4.78 is 0. The molecule has 0 heterocycles. The molecule has 1 aliphatic carbocycles. The van der Waals surface area contributed by atoms with Crippen molar-refractivity contribution in [3.8, 4) is 0 Å². The van der Waals surface area contributed by atoms with Crippen LogP contribution in [0.4, 0.5) is 0 Å². The molecule has 0 saturated heterocycles. The highest BCUT2D eigenvalue weighted by atomic mass is 14.7. The number of unbranched alkanes of at least 4 members (excludes halogenated alkanes) is 7. The van der Waals surface area contributed by atoms with Crippen LogP contribution in [0, 0.1) is 11.8 Å². The predicted molar refractivity (Wildman–Crippen MR) is 90.9 cm³/mol. The maximum Gasteiger partial charge on any atom is 0.0154 e. The van der Waals surface area contributed by atoms with E-state index in [2.05, 4.69) is 20.8 Å². The smallest absolute Gasteiger partial charge is 0.0154 e. The monoisotopic (exact) mass is 281 g/mol. The van der Waals surface area contributed by atoms with E-state index in [9.17, 15) is 0 Å². The molecule has 2 N–H and O–H groups in total. The fourth-order valence-electron chi connectivity index (χ4n) is 3.74. The highest BCUT2D eigenvalue weighted by Gasteiger charge is 2.31. The topological polar surface area (TPSA) is 26.0 Å². The molecule has 0 aromatic carbocycles. The predicted octanol–water partition coefficient (Wildman–Crippen LogP) is 6.06. The maximum atomic E-state index is 6.60. The van der Waals surface area contributed by atoms with E-state index in [0.29, 0.717) is 0 Å². The third kappa shape index (κ3) is 7.11. The van der Waals surface area contributed by atoms with Crippen LogP contribution < -0.4 is 5.73 Å². The Morgan fingerprint density at radius 3 is 1.90 bits per heavy atom. The third-order valence-electron chi connectivity index (χ3n) is 5.50. The van der Waals surface area contributed by atoms with Crippen molar-refractivity contribution < 1.29 is 0 Å². The van der Waals surface area contributed by atoms with Crippen LogP contribution in [0.1, 0.15) is 104 Å². The van der Waals surface area contributed by atoms with E-state index in [-0.39, 0.29) is 5.54 Å². The minimum Gasteiger partial charge on any atom is -0.325 e. The zero-order valence-electron chi connectivity index (χ0n) is 14.4. The fourth-order valence-corrected chi connectivity index (χ4v) is 3.74. The van der Waals surface area contributed by atoms with Crippen molar-refractivity contribution in [2.24, 2.45) is 17.6 Å². The second kappa shape index (κ2) is 9.82. The first kappa shape index (κ1) is 18.0. The van der Waals surface area contributed by atoms with E-state index < -0.39 is 0 Å². The molecule has 20 heavy (non-hydrogen) atoms. The van der Waals surface area contributed by atoms with Crippen molar-refractivity contribution in [1.82, 2.24) is 0 Å². The fraction of sp³-hybridized carbons (Fsp3) is 1.00. The molecular formula is C19H39N. The Labute approximate surface area is 128 Å². The van der Waals surface area contributed by atoms with Crippen LogP contribution in [0.2, 0.25) is 0 Å². The van der Waals surface area contributed by atoms with E-state index in [0.717, 1.165) is 11.8 Å². The first-order chi connectivity index (χ1) is 9.57. The summed E-state index contributed by atoms with van der Waals surface area (Å²) in [5, 5.41) is 0. The summed E-state index contributed by atoms with van der Waals surface area (Å²) in [6.45, 7) is 7.02. The second-order valence-corrected chi connectivity index (χ2v) is 7.67. The van der Waals surface area contributed by atoms with Crippen LogP contribution in [-0.2, 0) is 0 Å². The number of rotatable bonds is 10. The average molecular weight is 282 g/mol. The maximum absolute atomic E-state index is 6.60. The van der Waals surface area contributed by atoms with Crippen molar-refractivity contribution in [2.75, 3.05) is 0 Å². The lowest BCUT2D eigenvalue weighted by Crippen LogP contribution is -2.43. The third-order valence-corrected chi connectivity index (χ3v) is 5.50. The zero-order valence-corrected chi connectivity index (χ0v) is 14.4. The molecule has 0 atom stereocenters. The largest absolute Gasteiger partial charge is 0.325 e. The van der Waals surface area contributed by atoms with Gasteiger partial charge in [0.25, 0.3) is 0 Å². The van der Waals surface area contributed by atoms with Gasteiger partial charge in [-0.1, -0.05) is 72.1 Å². The first-order valence-electron chi connectivity index (χ1n) is 9.36. The Kier molecular flexibility index (Phi) is 8.84. The molecule has 1 aliphatic rings. The van der Waals surface area contributed by atoms with Gasteiger partial charge in [-0.15, -0.1) is 0 Å². The highest BCUT2D eigenvalue weighted by Crippen LogP contribution is 2.37. The molecule has 0 aliphatic heterocycles. The van der Waals surface area contributed by atoms with Crippen LogP contribution in [0.25, 0.3) is 0 Å². The summed E-state index contributed by atoms with van der Waals surface area (Å²) in [7, 11) is 0. The van der Waals surface area contributed by atoms with Gasteiger partial charge in [-0.25, -0.2) is 0 Å². The molecule has 0 amide bonds. The van der Waals surface area contributed by atoms with Crippen molar-refractivity contribution in [3.05, 3.63) is 0 Å². The Morgan fingerprint density at radius 1 is 0.900 bits per heavy atom. The van der Waals surface area contributed by atoms with Gasteiger partial charge in [-0.3, -0.25) is 0 Å². The minimum absolute atomic E-state index is 0.188.